The Kier molecular flexibility index (Phi) is 6.41. The van der Waals surface area contributed by atoms with Gasteiger partial charge in [-0.1, -0.05) is 18.2 Å². The summed E-state index contributed by atoms with van der Waals surface area (Å²) in [4.78, 5) is 14.1. The molecule has 0 aliphatic heterocycles. The van der Waals surface area contributed by atoms with Crippen molar-refractivity contribution in [3.8, 4) is 5.75 Å². The Morgan fingerprint density at radius 3 is 2.52 bits per heavy atom. The van der Waals surface area contributed by atoms with E-state index in [1.807, 2.05) is 19.0 Å². The van der Waals surface area contributed by atoms with E-state index in [-0.39, 0.29) is 29.7 Å². The monoisotopic (exact) mass is 352 g/mol. The number of carbonyl (C=O) groups is 1. The van der Waals surface area contributed by atoms with E-state index < -0.39 is 12.5 Å². The second-order valence-corrected chi connectivity index (χ2v) is 5.65. The van der Waals surface area contributed by atoms with Crippen LogP contribution in [0.25, 0.3) is 0 Å². The maximum Gasteiger partial charge on any atom is 0.387 e. The van der Waals surface area contributed by atoms with Crippen LogP contribution in [0.15, 0.2) is 48.5 Å². The summed E-state index contributed by atoms with van der Waals surface area (Å²) < 4.78 is 42.2. The van der Waals surface area contributed by atoms with Crippen LogP contribution >= 0.6 is 0 Å². The van der Waals surface area contributed by atoms with Crippen LogP contribution in [-0.2, 0) is 0 Å². The van der Waals surface area contributed by atoms with Crippen LogP contribution in [0, 0.1) is 5.82 Å². The Bertz CT molecular complexity index is 723. The summed E-state index contributed by atoms with van der Waals surface area (Å²) in [5.74, 6) is -0.868. The summed E-state index contributed by atoms with van der Waals surface area (Å²) in [7, 11) is 3.64. The van der Waals surface area contributed by atoms with E-state index >= 15 is 0 Å². The van der Waals surface area contributed by atoms with Crippen molar-refractivity contribution in [2.45, 2.75) is 12.7 Å². The lowest BCUT2D eigenvalue weighted by atomic mass is 10.1. The average molecular weight is 352 g/mol. The Morgan fingerprint density at radius 2 is 1.88 bits per heavy atom. The van der Waals surface area contributed by atoms with E-state index in [9.17, 15) is 18.0 Å². The van der Waals surface area contributed by atoms with Gasteiger partial charge < -0.3 is 15.0 Å². The summed E-state index contributed by atoms with van der Waals surface area (Å²) in [6.45, 7) is -2.72. The normalized spacial score (nSPS) is 12.3. The van der Waals surface area contributed by atoms with Crippen molar-refractivity contribution >= 4 is 5.91 Å². The summed E-state index contributed by atoms with van der Waals surface area (Å²) in [6, 6.07) is 11.5. The van der Waals surface area contributed by atoms with Crippen LogP contribution in [0.3, 0.4) is 0 Å². The minimum absolute atomic E-state index is 0.0862. The maximum absolute atomic E-state index is 13.4. The number of amides is 1. The summed E-state index contributed by atoms with van der Waals surface area (Å²) in [5.41, 5.74) is 0.926. The predicted molar refractivity (Wildman–Crippen MR) is 88.2 cm³/mol. The van der Waals surface area contributed by atoms with Gasteiger partial charge in [-0.2, -0.15) is 8.78 Å². The number of ether oxygens (including phenoxy) is 1. The van der Waals surface area contributed by atoms with Crippen LogP contribution in [0.1, 0.15) is 22.0 Å². The largest absolute Gasteiger partial charge is 0.435 e. The molecule has 1 atom stereocenters. The first-order valence-corrected chi connectivity index (χ1v) is 7.62. The number of halogens is 3. The second kappa shape index (κ2) is 8.53. The van der Waals surface area contributed by atoms with E-state index in [1.54, 1.807) is 12.1 Å². The van der Waals surface area contributed by atoms with Crippen molar-refractivity contribution < 1.29 is 22.7 Å². The molecule has 7 heteroatoms. The van der Waals surface area contributed by atoms with Crippen molar-refractivity contribution in [2.24, 2.45) is 0 Å². The van der Waals surface area contributed by atoms with Gasteiger partial charge >= 0.3 is 6.61 Å². The molecule has 4 nitrogen and oxygen atoms in total. The highest BCUT2D eigenvalue weighted by atomic mass is 19.3. The van der Waals surface area contributed by atoms with Crippen molar-refractivity contribution in [1.82, 2.24) is 10.2 Å². The van der Waals surface area contributed by atoms with Gasteiger partial charge in [0.05, 0.1) is 6.04 Å². The first-order valence-electron chi connectivity index (χ1n) is 7.62. The molecule has 0 aromatic heterocycles. The van der Waals surface area contributed by atoms with Crippen LogP contribution < -0.4 is 10.1 Å². The molecular weight excluding hydrogens is 333 g/mol. The van der Waals surface area contributed by atoms with Crippen LogP contribution in [0.5, 0.6) is 5.75 Å². The average Bonchev–Trinajstić information content (AvgIpc) is 2.54. The van der Waals surface area contributed by atoms with Crippen LogP contribution in [0.2, 0.25) is 0 Å². The molecule has 0 unspecified atom stereocenters. The number of benzene rings is 2. The zero-order chi connectivity index (χ0) is 18.4. The number of rotatable bonds is 7. The van der Waals surface area contributed by atoms with E-state index in [0.29, 0.717) is 0 Å². The third-order valence-electron chi connectivity index (χ3n) is 3.63. The third-order valence-corrected chi connectivity index (χ3v) is 3.63. The van der Waals surface area contributed by atoms with Crippen molar-refractivity contribution in [2.75, 3.05) is 20.6 Å². The summed E-state index contributed by atoms with van der Waals surface area (Å²) in [5, 5.41) is 2.73. The number of hydrogen-bond donors (Lipinski definition) is 1. The lowest BCUT2D eigenvalue weighted by Crippen LogP contribution is -2.34. The first-order chi connectivity index (χ1) is 11.9. The Hall–Kier alpha value is -2.54. The molecule has 1 N–H and O–H groups in total. The molecule has 0 heterocycles. The van der Waals surface area contributed by atoms with E-state index in [4.69, 9.17) is 0 Å². The first kappa shape index (κ1) is 18.8. The fourth-order valence-electron chi connectivity index (χ4n) is 2.42. The Morgan fingerprint density at radius 1 is 1.16 bits per heavy atom. The van der Waals surface area contributed by atoms with E-state index in [1.165, 1.54) is 36.4 Å². The minimum Gasteiger partial charge on any atom is -0.435 e. The molecule has 0 saturated carbocycles. The maximum atomic E-state index is 13.4. The van der Waals surface area contributed by atoms with E-state index in [0.717, 1.165) is 5.56 Å². The molecule has 1 amide bonds. The van der Waals surface area contributed by atoms with Gasteiger partial charge in [-0.25, -0.2) is 4.39 Å². The standard InChI is InChI=1S/C18H19F3N2O2/c1-23(2)16(12-5-3-7-14(19)9-12)11-22-17(24)13-6-4-8-15(10-13)25-18(20)21/h3-10,16,18H,11H2,1-2H3,(H,22,24)/t16-/m1/s1. The SMILES string of the molecule is CN(C)[C@H](CNC(=O)c1cccc(OC(F)F)c1)c1cccc(F)c1. The molecule has 0 aliphatic carbocycles. The van der Waals surface area contributed by atoms with Crippen molar-refractivity contribution in [1.29, 1.82) is 0 Å². The van der Waals surface area contributed by atoms with Gasteiger partial charge in [0.15, 0.2) is 0 Å². The molecular formula is C18H19F3N2O2. The molecule has 25 heavy (non-hydrogen) atoms. The topological polar surface area (TPSA) is 41.6 Å². The number of likely N-dealkylation sites (N-methyl/N-ethyl adjacent to an activating group) is 1. The molecule has 0 saturated heterocycles. The quantitative estimate of drug-likeness (QED) is 0.830. The van der Waals surface area contributed by atoms with Gasteiger partial charge in [-0.05, 0) is 50.0 Å². The molecule has 0 radical (unpaired) electrons. The number of alkyl halides is 2. The number of carbonyl (C=O) groups excluding carboxylic acids is 1. The fraction of sp³-hybridized carbons (Fsp3) is 0.278. The van der Waals surface area contributed by atoms with Crippen LogP contribution in [0.4, 0.5) is 13.2 Å². The zero-order valence-corrected chi connectivity index (χ0v) is 13.9. The molecule has 0 spiro atoms. The van der Waals surface area contributed by atoms with Crippen molar-refractivity contribution in [3.05, 3.63) is 65.5 Å². The molecule has 134 valence electrons. The number of nitrogens with zero attached hydrogens (tertiary/aromatic N) is 1. The molecule has 0 bridgehead atoms. The fourth-order valence-corrected chi connectivity index (χ4v) is 2.42. The summed E-state index contributed by atoms with van der Waals surface area (Å²) in [6.07, 6.45) is 0. The Labute approximate surface area is 144 Å². The van der Waals surface area contributed by atoms with Crippen molar-refractivity contribution in [3.63, 3.8) is 0 Å². The van der Waals surface area contributed by atoms with Gasteiger partial charge in [0.25, 0.3) is 5.91 Å². The van der Waals surface area contributed by atoms with Gasteiger partial charge in [-0.15, -0.1) is 0 Å². The third kappa shape index (κ3) is 5.49. The summed E-state index contributed by atoms with van der Waals surface area (Å²) >= 11 is 0. The van der Waals surface area contributed by atoms with Gasteiger partial charge in [0.2, 0.25) is 0 Å². The van der Waals surface area contributed by atoms with E-state index in [2.05, 4.69) is 10.1 Å². The second-order valence-electron chi connectivity index (χ2n) is 5.65. The highest BCUT2D eigenvalue weighted by Crippen LogP contribution is 2.19. The number of nitrogens with one attached hydrogen (secondary N) is 1. The van der Waals surface area contributed by atoms with Gasteiger partial charge in [0, 0.05) is 12.1 Å². The zero-order valence-electron chi connectivity index (χ0n) is 13.9. The molecule has 2 aromatic carbocycles. The predicted octanol–water partition coefficient (Wildman–Crippen LogP) is 3.46. The molecule has 0 fully saturated rings. The van der Waals surface area contributed by atoms with Gasteiger partial charge in [0.1, 0.15) is 11.6 Å². The highest BCUT2D eigenvalue weighted by Gasteiger charge is 2.17. The number of hydrogen-bond acceptors (Lipinski definition) is 3. The molecule has 0 aliphatic rings. The lowest BCUT2D eigenvalue weighted by Gasteiger charge is -2.25. The molecule has 2 aromatic rings. The highest BCUT2D eigenvalue weighted by molar-refractivity contribution is 5.94. The Balaban J connectivity index is 2.06. The van der Waals surface area contributed by atoms with Crippen LogP contribution in [-0.4, -0.2) is 38.1 Å². The van der Waals surface area contributed by atoms with Gasteiger partial charge in [-0.3, -0.25) is 4.79 Å². The smallest absolute Gasteiger partial charge is 0.387 e. The lowest BCUT2D eigenvalue weighted by molar-refractivity contribution is -0.0498. The minimum atomic E-state index is -2.95. The molecule has 2 rings (SSSR count).